The Balaban J connectivity index is 3.29. The first-order chi connectivity index (χ1) is 7.80. The molecule has 0 aliphatic rings. The molecule has 96 valence electrons. The number of anilines is 1. The summed E-state index contributed by atoms with van der Waals surface area (Å²) in [5.41, 5.74) is 6.92. The van der Waals surface area contributed by atoms with Crippen LogP contribution in [0.2, 0.25) is 5.02 Å². The largest absolute Gasteiger partial charge is 0.398 e. The van der Waals surface area contributed by atoms with Gasteiger partial charge in [0, 0.05) is 19.3 Å². The molecule has 0 bridgehead atoms. The average Bonchev–Trinajstić information content (AvgIpc) is 2.23. The maximum absolute atomic E-state index is 12.2. The van der Waals surface area contributed by atoms with E-state index in [2.05, 4.69) is 0 Å². The Bertz CT molecular complexity index is 514. The summed E-state index contributed by atoms with van der Waals surface area (Å²) < 4.78 is 25.7. The summed E-state index contributed by atoms with van der Waals surface area (Å²) in [6.07, 6.45) is 0.745. The molecule has 17 heavy (non-hydrogen) atoms. The average molecular weight is 277 g/mol. The van der Waals surface area contributed by atoms with Gasteiger partial charge in [-0.15, -0.1) is 0 Å². The molecule has 0 saturated carbocycles. The summed E-state index contributed by atoms with van der Waals surface area (Å²) in [5, 5.41) is 0.208. The van der Waals surface area contributed by atoms with Crippen LogP contribution >= 0.6 is 11.6 Å². The molecule has 1 aromatic rings. The SMILES string of the molecule is CCCN(C)S(=O)(=O)c1cc(N)c(C)cc1Cl. The molecule has 0 aliphatic carbocycles. The van der Waals surface area contributed by atoms with Gasteiger partial charge in [0.05, 0.1) is 5.02 Å². The van der Waals surface area contributed by atoms with Crippen LogP contribution in [-0.4, -0.2) is 26.3 Å². The van der Waals surface area contributed by atoms with Crippen LogP contribution < -0.4 is 5.73 Å². The van der Waals surface area contributed by atoms with Crippen molar-refractivity contribution in [1.29, 1.82) is 0 Å². The molecule has 0 spiro atoms. The number of aryl methyl sites for hydroxylation is 1. The summed E-state index contributed by atoms with van der Waals surface area (Å²) >= 11 is 5.97. The van der Waals surface area contributed by atoms with Gasteiger partial charge in [-0.05, 0) is 31.0 Å². The molecular weight excluding hydrogens is 260 g/mol. The van der Waals surface area contributed by atoms with Gasteiger partial charge >= 0.3 is 0 Å². The van der Waals surface area contributed by atoms with E-state index in [-0.39, 0.29) is 9.92 Å². The van der Waals surface area contributed by atoms with E-state index in [0.29, 0.717) is 12.2 Å². The van der Waals surface area contributed by atoms with Crippen molar-refractivity contribution < 1.29 is 8.42 Å². The maximum Gasteiger partial charge on any atom is 0.244 e. The third kappa shape index (κ3) is 2.91. The minimum absolute atomic E-state index is 0.0678. The fraction of sp³-hybridized carbons (Fsp3) is 0.455. The van der Waals surface area contributed by atoms with E-state index in [9.17, 15) is 8.42 Å². The molecule has 0 heterocycles. The number of benzene rings is 1. The lowest BCUT2D eigenvalue weighted by molar-refractivity contribution is 0.468. The lowest BCUT2D eigenvalue weighted by atomic mass is 10.2. The maximum atomic E-state index is 12.2. The van der Waals surface area contributed by atoms with Crippen LogP contribution in [0.3, 0.4) is 0 Å². The fourth-order valence-corrected chi connectivity index (χ4v) is 3.32. The van der Waals surface area contributed by atoms with Crippen molar-refractivity contribution in [2.24, 2.45) is 0 Å². The molecule has 0 radical (unpaired) electrons. The zero-order valence-corrected chi connectivity index (χ0v) is 11.8. The van der Waals surface area contributed by atoms with Gasteiger partial charge in [0.2, 0.25) is 10.0 Å². The van der Waals surface area contributed by atoms with Gasteiger partial charge in [-0.25, -0.2) is 12.7 Å². The lowest BCUT2D eigenvalue weighted by Gasteiger charge is -2.17. The molecule has 1 aromatic carbocycles. The molecule has 6 heteroatoms. The number of nitrogens with zero attached hydrogens (tertiary/aromatic N) is 1. The second-order valence-corrected chi connectivity index (χ2v) is 6.39. The summed E-state index contributed by atoms with van der Waals surface area (Å²) in [6.45, 7) is 4.15. The predicted octanol–water partition coefficient (Wildman–Crippen LogP) is 2.26. The third-order valence-corrected chi connectivity index (χ3v) is 4.87. The highest BCUT2D eigenvalue weighted by molar-refractivity contribution is 7.89. The molecule has 0 fully saturated rings. The monoisotopic (exact) mass is 276 g/mol. The Kier molecular flexibility index (Phi) is 4.41. The second-order valence-electron chi connectivity index (χ2n) is 3.97. The van der Waals surface area contributed by atoms with Gasteiger partial charge in [-0.2, -0.15) is 0 Å². The van der Waals surface area contributed by atoms with E-state index in [1.807, 2.05) is 6.92 Å². The Morgan fingerprint density at radius 3 is 2.53 bits per heavy atom. The van der Waals surface area contributed by atoms with Crippen molar-refractivity contribution in [3.8, 4) is 0 Å². The first-order valence-corrected chi connectivity index (χ1v) is 7.14. The molecule has 2 N–H and O–H groups in total. The number of hydrogen-bond donors (Lipinski definition) is 1. The minimum atomic E-state index is -3.55. The highest BCUT2D eigenvalue weighted by atomic mass is 35.5. The quantitative estimate of drug-likeness (QED) is 0.858. The molecule has 0 atom stereocenters. The molecular formula is C11H17ClN2O2S. The Hall–Kier alpha value is -0.780. The zero-order chi connectivity index (χ0) is 13.2. The number of rotatable bonds is 4. The lowest BCUT2D eigenvalue weighted by Crippen LogP contribution is -2.28. The van der Waals surface area contributed by atoms with Crippen LogP contribution in [0.5, 0.6) is 0 Å². The number of hydrogen-bond acceptors (Lipinski definition) is 3. The first kappa shape index (κ1) is 14.3. The smallest absolute Gasteiger partial charge is 0.244 e. The Morgan fingerprint density at radius 2 is 2.00 bits per heavy atom. The molecule has 0 aliphatic heterocycles. The standard InChI is InChI=1S/C11H17ClN2O2S/c1-4-5-14(3)17(15,16)11-7-10(13)8(2)6-9(11)12/h6-7H,4-5,13H2,1-3H3. The van der Waals surface area contributed by atoms with E-state index in [1.54, 1.807) is 13.0 Å². The van der Waals surface area contributed by atoms with Crippen LogP contribution in [0, 0.1) is 6.92 Å². The molecule has 0 aromatic heterocycles. The van der Waals surface area contributed by atoms with Crippen LogP contribution in [0.4, 0.5) is 5.69 Å². The van der Waals surface area contributed by atoms with Gasteiger partial charge in [-0.3, -0.25) is 0 Å². The zero-order valence-electron chi connectivity index (χ0n) is 10.2. The summed E-state index contributed by atoms with van der Waals surface area (Å²) in [5.74, 6) is 0. The normalized spacial score (nSPS) is 12.1. The van der Waals surface area contributed by atoms with Gasteiger partial charge < -0.3 is 5.73 Å². The van der Waals surface area contributed by atoms with Crippen molar-refractivity contribution in [2.75, 3.05) is 19.3 Å². The second kappa shape index (κ2) is 5.25. The molecule has 0 unspecified atom stereocenters. The highest BCUT2D eigenvalue weighted by Crippen LogP contribution is 2.28. The molecule has 0 saturated heterocycles. The first-order valence-electron chi connectivity index (χ1n) is 5.32. The van der Waals surface area contributed by atoms with E-state index < -0.39 is 10.0 Å². The van der Waals surface area contributed by atoms with E-state index in [4.69, 9.17) is 17.3 Å². The number of sulfonamides is 1. The summed E-state index contributed by atoms with van der Waals surface area (Å²) in [7, 11) is -2.02. The minimum Gasteiger partial charge on any atom is -0.398 e. The Morgan fingerprint density at radius 1 is 1.41 bits per heavy atom. The van der Waals surface area contributed by atoms with Gasteiger partial charge in [0.25, 0.3) is 0 Å². The van der Waals surface area contributed by atoms with Crippen LogP contribution in [0.25, 0.3) is 0 Å². The summed E-state index contributed by atoms with van der Waals surface area (Å²) in [4.78, 5) is 0.0678. The Labute approximate surface area is 107 Å². The number of halogens is 1. The topological polar surface area (TPSA) is 63.4 Å². The van der Waals surface area contributed by atoms with Crippen LogP contribution in [0.15, 0.2) is 17.0 Å². The van der Waals surface area contributed by atoms with Crippen molar-refractivity contribution in [1.82, 2.24) is 4.31 Å². The van der Waals surface area contributed by atoms with Gasteiger partial charge in [0.15, 0.2) is 0 Å². The van der Waals surface area contributed by atoms with Gasteiger partial charge in [-0.1, -0.05) is 18.5 Å². The van der Waals surface area contributed by atoms with Crippen molar-refractivity contribution >= 4 is 27.3 Å². The van der Waals surface area contributed by atoms with Crippen LogP contribution in [-0.2, 0) is 10.0 Å². The number of nitrogens with two attached hydrogens (primary N) is 1. The van der Waals surface area contributed by atoms with Crippen molar-refractivity contribution in [2.45, 2.75) is 25.2 Å². The van der Waals surface area contributed by atoms with Crippen molar-refractivity contribution in [3.63, 3.8) is 0 Å². The molecule has 4 nitrogen and oxygen atoms in total. The number of nitrogen functional groups attached to an aromatic ring is 1. The molecule has 0 amide bonds. The predicted molar refractivity (Wildman–Crippen MR) is 70.7 cm³/mol. The van der Waals surface area contributed by atoms with E-state index in [0.717, 1.165) is 12.0 Å². The van der Waals surface area contributed by atoms with Crippen molar-refractivity contribution in [3.05, 3.63) is 22.7 Å². The molecule has 1 rings (SSSR count). The summed E-state index contributed by atoms with van der Waals surface area (Å²) in [6, 6.07) is 2.99. The van der Waals surface area contributed by atoms with Gasteiger partial charge in [0.1, 0.15) is 4.90 Å². The highest BCUT2D eigenvalue weighted by Gasteiger charge is 2.23. The van der Waals surface area contributed by atoms with Crippen LogP contribution in [0.1, 0.15) is 18.9 Å². The third-order valence-electron chi connectivity index (χ3n) is 2.55. The van der Waals surface area contributed by atoms with E-state index >= 15 is 0 Å². The fourth-order valence-electron chi connectivity index (χ4n) is 1.47. The van der Waals surface area contributed by atoms with E-state index in [1.165, 1.54) is 17.4 Å².